The van der Waals surface area contributed by atoms with Crippen molar-refractivity contribution < 1.29 is 4.79 Å². The number of amides is 1. The summed E-state index contributed by atoms with van der Waals surface area (Å²) in [5.41, 5.74) is 1.19. The van der Waals surface area contributed by atoms with Crippen LogP contribution in [0.5, 0.6) is 0 Å². The van der Waals surface area contributed by atoms with Gasteiger partial charge in [0.25, 0.3) is 0 Å². The normalized spacial score (nSPS) is 9.38. The van der Waals surface area contributed by atoms with Crippen LogP contribution in [-0.2, 0) is 0 Å². The lowest BCUT2D eigenvalue weighted by molar-refractivity contribution is 0.243. The Bertz CT molecular complexity index is 297. The van der Waals surface area contributed by atoms with Gasteiger partial charge < -0.3 is 5.32 Å². The third kappa shape index (κ3) is 3.11. The van der Waals surface area contributed by atoms with Crippen LogP contribution in [-0.4, -0.2) is 22.1 Å². The van der Waals surface area contributed by atoms with E-state index in [1.165, 1.54) is 16.5 Å². The number of carbonyl (C=O) groups is 1. The molecule has 0 bridgehead atoms. The number of hydrogen-bond acceptors (Lipinski definition) is 2. The largest absolute Gasteiger partial charge is 0.334 e. The number of carbonyl (C=O) groups excluding carboxylic acids is 1. The second-order valence-electron chi connectivity index (χ2n) is 2.94. The average Bonchev–Trinajstić information content (AvgIpc) is 2.55. The number of imidazole rings is 1. The minimum Gasteiger partial charge on any atom is -0.334 e. The molecule has 13 heavy (non-hydrogen) atoms. The molecule has 4 heteroatoms. The van der Waals surface area contributed by atoms with Crippen LogP contribution >= 0.6 is 0 Å². The van der Waals surface area contributed by atoms with Crippen LogP contribution in [0.4, 0.5) is 4.79 Å². The van der Waals surface area contributed by atoms with Gasteiger partial charge in [0, 0.05) is 18.9 Å². The van der Waals surface area contributed by atoms with E-state index in [4.69, 9.17) is 0 Å². The topological polar surface area (TPSA) is 46.9 Å². The maximum Gasteiger partial charge on any atom is 0.327 e. The zero-order chi connectivity index (χ0) is 9.68. The third-order valence-electron chi connectivity index (χ3n) is 1.50. The highest BCUT2D eigenvalue weighted by Crippen LogP contribution is 1.87. The van der Waals surface area contributed by atoms with E-state index < -0.39 is 0 Å². The first-order valence-corrected chi connectivity index (χ1v) is 4.09. The molecule has 0 aliphatic heterocycles. The molecule has 1 amide bonds. The number of nitrogens with zero attached hydrogens (tertiary/aromatic N) is 2. The summed E-state index contributed by atoms with van der Waals surface area (Å²) in [7, 11) is 0. The summed E-state index contributed by atoms with van der Waals surface area (Å²) in [5.74, 6) is 0. The van der Waals surface area contributed by atoms with Gasteiger partial charge in [0.15, 0.2) is 0 Å². The summed E-state index contributed by atoms with van der Waals surface area (Å²) in [6, 6.07) is -0.157. The van der Waals surface area contributed by atoms with Crippen LogP contribution in [0.1, 0.15) is 13.8 Å². The van der Waals surface area contributed by atoms with E-state index in [1.807, 2.05) is 19.9 Å². The Kier molecular flexibility index (Phi) is 3.25. The molecule has 1 aromatic heterocycles. The van der Waals surface area contributed by atoms with Crippen LogP contribution in [0.15, 0.2) is 30.4 Å². The fourth-order valence-electron chi connectivity index (χ4n) is 0.813. The quantitative estimate of drug-likeness (QED) is 0.698. The second-order valence-corrected chi connectivity index (χ2v) is 2.94. The van der Waals surface area contributed by atoms with Crippen molar-refractivity contribution >= 4 is 6.03 Å². The summed E-state index contributed by atoms with van der Waals surface area (Å²) in [5, 5.41) is 2.72. The Hall–Kier alpha value is -1.58. The van der Waals surface area contributed by atoms with Gasteiger partial charge in [-0.1, -0.05) is 11.6 Å². The van der Waals surface area contributed by atoms with Crippen molar-refractivity contribution in [3.8, 4) is 0 Å². The Morgan fingerprint density at radius 2 is 2.38 bits per heavy atom. The first-order valence-electron chi connectivity index (χ1n) is 4.09. The Morgan fingerprint density at radius 1 is 1.62 bits per heavy atom. The maximum atomic E-state index is 11.3. The lowest BCUT2D eigenvalue weighted by Gasteiger charge is -2.01. The minimum atomic E-state index is -0.157. The molecule has 1 rings (SSSR count). The highest BCUT2D eigenvalue weighted by Gasteiger charge is 1.99. The van der Waals surface area contributed by atoms with E-state index in [2.05, 4.69) is 10.3 Å². The van der Waals surface area contributed by atoms with Gasteiger partial charge >= 0.3 is 6.03 Å². The molecule has 0 spiro atoms. The predicted octanol–water partition coefficient (Wildman–Crippen LogP) is 1.41. The average molecular weight is 179 g/mol. The van der Waals surface area contributed by atoms with Gasteiger partial charge in [0.05, 0.1) is 0 Å². The number of nitrogens with one attached hydrogen (secondary N) is 1. The van der Waals surface area contributed by atoms with Crippen LogP contribution in [0.25, 0.3) is 0 Å². The van der Waals surface area contributed by atoms with Crippen molar-refractivity contribution in [1.82, 2.24) is 14.9 Å². The summed E-state index contributed by atoms with van der Waals surface area (Å²) < 4.78 is 1.40. The van der Waals surface area contributed by atoms with Crippen molar-refractivity contribution in [2.75, 3.05) is 6.54 Å². The molecule has 0 fully saturated rings. The van der Waals surface area contributed by atoms with E-state index in [-0.39, 0.29) is 6.03 Å². The first-order chi connectivity index (χ1) is 6.20. The Labute approximate surface area is 77.3 Å². The monoisotopic (exact) mass is 179 g/mol. The molecule has 0 aliphatic rings. The number of aromatic nitrogens is 2. The van der Waals surface area contributed by atoms with Gasteiger partial charge in [-0.15, -0.1) is 0 Å². The highest BCUT2D eigenvalue weighted by molar-refractivity contribution is 5.76. The SMILES string of the molecule is CC(C)=CCNC(=O)n1ccnc1. The molecule has 0 aliphatic carbocycles. The van der Waals surface area contributed by atoms with Gasteiger partial charge in [-0.3, -0.25) is 4.57 Å². The molecular formula is C9H13N3O. The van der Waals surface area contributed by atoms with E-state index in [0.717, 1.165) is 0 Å². The van der Waals surface area contributed by atoms with Gasteiger partial charge in [0.1, 0.15) is 6.33 Å². The fraction of sp³-hybridized carbons (Fsp3) is 0.333. The molecule has 4 nitrogen and oxygen atoms in total. The van der Waals surface area contributed by atoms with Crippen molar-refractivity contribution in [2.45, 2.75) is 13.8 Å². The number of hydrogen-bond donors (Lipinski definition) is 1. The van der Waals surface area contributed by atoms with Crippen LogP contribution in [0.3, 0.4) is 0 Å². The molecule has 1 aromatic rings. The summed E-state index contributed by atoms with van der Waals surface area (Å²) in [6.45, 7) is 4.53. The molecule has 0 radical (unpaired) electrons. The molecule has 0 saturated carbocycles. The van der Waals surface area contributed by atoms with Crippen molar-refractivity contribution in [1.29, 1.82) is 0 Å². The molecule has 70 valence electrons. The summed E-state index contributed by atoms with van der Waals surface area (Å²) >= 11 is 0. The molecule has 1 N–H and O–H groups in total. The first kappa shape index (κ1) is 9.51. The predicted molar refractivity (Wildman–Crippen MR) is 50.5 cm³/mol. The third-order valence-corrected chi connectivity index (χ3v) is 1.50. The molecule has 0 aromatic carbocycles. The molecule has 0 saturated heterocycles. The second kappa shape index (κ2) is 4.45. The lowest BCUT2D eigenvalue weighted by atomic mass is 10.3. The molecular weight excluding hydrogens is 166 g/mol. The van der Waals surface area contributed by atoms with Gasteiger partial charge in [-0.25, -0.2) is 9.78 Å². The minimum absolute atomic E-state index is 0.157. The van der Waals surface area contributed by atoms with E-state index in [9.17, 15) is 4.79 Å². The van der Waals surface area contributed by atoms with Gasteiger partial charge in [0.2, 0.25) is 0 Å². The smallest absolute Gasteiger partial charge is 0.327 e. The zero-order valence-corrected chi connectivity index (χ0v) is 7.82. The number of rotatable bonds is 2. The summed E-state index contributed by atoms with van der Waals surface area (Å²) in [6.07, 6.45) is 6.60. The zero-order valence-electron chi connectivity index (χ0n) is 7.82. The fourth-order valence-corrected chi connectivity index (χ4v) is 0.813. The van der Waals surface area contributed by atoms with E-state index >= 15 is 0 Å². The van der Waals surface area contributed by atoms with Crippen molar-refractivity contribution in [2.24, 2.45) is 0 Å². The number of allylic oxidation sites excluding steroid dienone is 1. The molecule has 0 unspecified atom stereocenters. The Morgan fingerprint density at radius 3 is 2.92 bits per heavy atom. The standard InChI is InChI=1S/C9H13N3O/c1-8(2)3-4-11-9(13)12-6-5-10-7-12/h3,5-7H,4H2,1-2H3,(H,11,13). The highest BCUT2D eigenvalue weighted by atomic mass is 16.2. The van der Waals surface area contributed by atoms with Gasteiger partial charge in [-0.2, -0.15) is 0 Å². The van der Waals surface area contributed by atoms with Crippen LogP contribution < -0.4 is 5.32 Å². The van der Waals surface area contributed by atoms with Crippen molar-refractivity contribution in [3.05, 3.63) is 30.4 Å². The molecule has 1 heterocycles. The van der Waals surface area contributed by atoms with E-state index in [1.54, 1.807) is 12.4 Å². The van der Waals surface area contributed by atoms with Crippen molar-refractivity contribution in [3.63, 3.8) is 0 Å². The van der Waals surface area contributed by atoms with Gasteiger partial charge in [-0.05, 0) is 13.8 Å². The summed E-state index contributed by atoms with van der Waals surface area (Å²) in [4.78, 5) is 15.0. The van der Waals surface area contributed by atoms with E-state index in [0.29, 0.717) is 6.54 Å². The van der Waals surface area contributed by atoms with Crippen LogP contribution in [0, 0.1) is 0 Å². The van der Waals surface area contributed by atoms with Crippen LogP contribution in [0.2, 0.25) is 0 Å². The lowest BCUT2D eigenvalue weighted by Crippen LogP contribution is -2.27. The Balaban J connectivity index is 2.39. The maximum absolute atomic E-state index is 11.3. The molecule has 0 atom stereocenters.